The Bertz CT molecular complexity index is 1320. The highest BCUT2D eigenvalue weighted by Crippen LogP contribution is 2.27. The summed E-state index contributed by atoms with van der Waals surface area (Å²) in [6.07, 6.45) is 0. The van der Waals surface area contributed by atoms with Gasteiger partial charge in [-0.2, -0.15) is 0 Å². The minimum atomic E-state index is -0.473. The van der Waals surface area contributed by atoms with Crippen LogP contribution in [0.25, 0.3) is 22.6 Å². The van der Waals surface area contributed by atoms with E-state index in [-0.39, 0.29) is 6.04 Å². The molecule has 0 aliphatic carbocycles. The lowest BCUT2D eigenvalue weighted by atomic mass is 10.2. The number of hydrogen-bond acceptors (Lipinski definition) is 4. The van der Waals surface area contributed by atoms with E-state index >= 15 is 0 Å². The molecule has 0 aliphatic rings. The maximum atomic E-state index is 12.8. The molecule has 0 unspecified atom stereocenters. The Balaban J connectivity index is 2.10. The number of nitrogens with one attached hydrogen (secondary N) is 1. The maximum absolute atomic E-state index is 12.8. The lowest BCUT2D eigenvalue weighted by molar-refractivity contribution is 0.580. The topological polar surface area (TPSA) is 85.6 Å². The Hall–Kier alpha value is -3.19. The zero-order chi connectivity index (χ0) is 20.7. The fourth-order valence-corrected chi connectivity index (χ4v) is 3.71. The van der Waals surface area contributed by atoms with Crippen molar-refractivity contribution in [1.82, 2.24) is 24.1 Å². The van der Waals surface area contributed by atoms with Crippen molar-refractivity contribution in [3.05, 3.63) is 79.7 Å². The van der Waals surface area contributed by atoms with Crippen LogP contribution in [0.1, 0.15) is 31.1 Å². The van der Waals surface area contributed by atoms with E-state index in [1.165, 1.54) is 4.57 Å². The fraction of sp³-hybridized carbons (Fsp3) is 0.238. The van der Waals surface area contributed by atoms with Crippen LogP contribution in [0.3, 0.4) is 0 Å². The molecule has 4 rings (SSSR count). The quantitative estimate of drug-likeness (QED) is 0.522. The van der Waals surface area contributed by atoms with Crippen molar-refractivity contribution in [2.45, 2.75) is 33.4 Å². The molecular weight excluding hydrogens is 390 g/mol. The number of nitrogens with zero attached hydrogens (tertiary/aromatic N) is 4. The van der Waals surface area contributed by atoms with Crippen LogP contribution in [-0.2, 0) is 6.54 Å². The molecule has 0 saturated carbocycles. The first kappa shape index (κ1) is 19.1. The van der Waals surface area contributed by atoms with Gasteiger partial charge in [0.15, 0.2) is 11.2 Å². The molecule has 3 aromatic heterocycles. The fourth-order valence-electron chi connectivity index (χ4n) is 3.52. The van der Waals surface area contributed by atoms with Gasteiger partial charge in [-0.15, -0.1) is 0 Å². The van der Waals surface area contributed by atoms with Gasteiger partial charge in [-0.1, -0.05) is 41.9 Å². The Morgan fingerprint density at radius 1 is 1.07 bits per heavy atom. The molecule has 0 fully saturated rings. The molecule has 8 heteroatoms. The molecule has 0 aliphatic heterocycles. The molecule has 0 atom stereocenters. The monoisotopic (exact) mass is 409 g/mol. The van der Waals surface area contributed by atoms with Crippen molar-refractivity contribution in [3.8, 4) is 11.4 Å². The molecule has 148 valence electrons. The lowest BCUT2D eigenvalue weighted by Gasteiger charge is -2.11. The zero-order valence-electron chi connectivity index (χ0n) is 16.3. The molecule has 0 radical (unpaired) electrons. The molecule has 29 heavy (non-hydrogen) atoms. The Morgan fingerprint density at radius 3 is 2.45 bits per heavy atom. The summed E-state index contributed by atoms with van der Waals surface area (Å²) in [5, 5.41) is 0.383. The minimum Gasteiger partial charge on any atom is -0.314 e. The normalized spacial score (nSPS) is 11.5. The Morgan fingerprint density at radius 2 is 1.79 bits per heavy atom. The summed E-state index contributed by atoms with van der Waals surface area (Å²) in [6.45, 7) is 6.02. The van der Waals surface area contributed by atoms with Gasteiger partial charge < -0.3 is 4.57 Å². The molecule has 0 bridgehead atoms. The number of aromatic nitrogens is 5. The molecule has 0 amide bonds. The van der Waals surface area contributed by atoms with E-state index in [1.54, 1.807) is 6.07 Å². The van der Waals surface area contributed by atoms with Crippen molar-refractivity contribution in [2.24, 2.45) is 0 Å². The SMILES string of the molecule is Cc1nc(Cl)ccc1-c1nc2c(c(=O)[nH]c(=O)n2C(C)C)n1Cc1ccccc1. The number of aromatic amines is 1. The third-order valence-corrected chi connectivity index (χ3v) is 5.03. The number of H-pyrrole nitrogens is 1. The summed E-state index contributed by atoms with van der Waals surface area (Å²) in [5.41, 5.74) is 2.23. The van der Waals surface area contributed by atoms with Crippen molar-refractivity contribution >= 4 is 22.8 Å². The van der Waals surface area contributed by atoms with E-state index in [2.05, 4.69) is 9.97 Å². The van der Waals surface area contributed by atoms with Crippen LogP contribution in [-0.4, -0.2) is 24.1 Å². The minimum absolute atomic E-state index is 0.167. The first-order valence-electron chi connectivity index (χ1n) is 9.29. The van der Waals surface area contributed by atoms with Crippen LogP contribution in [0, 0.1) is 6.92 Å². The average molecular weight is 410 g/mol. The van der Waals surface area contributed by atoms with Gasteiger partial charge in [0.2, 0.25) is 0 Å². The second-order valence-electron chi connectivity index (χ2n) is 7.17. The maximum Gasteiger partial charge on any atom is 0.330 e. The molecular formula is C21H20ClN5O2. The highest BCUT2D eigenvalue weighted by molar-refractivity contribution is 6.29. The summed E-state index contributed by atoms with van der Waals surface area (Å²) < 4.78 is 3.33. The highest BCUT2D eigenvalue weighted by atomic mass is 35.5. The van der Waals surface area contributed by atoms with Crippen LogP contribution in [0.15, 0.2) is 52.1 Å². The third-order valence-electron chi connectivity index (χ3n) is 4.82. The van der Waals surface area contributed by atoms with Gasteiger partial charge in [-0.05, 0) is 38.5 Å². The molecule has 1 N–H and O–H groups in total. The molecule has 7 nitrogen and oxygen atoms in total. The van der Waals surface area contributed by atoms with Gasteiger partial charge in [-0.3, -0.25) is 14.3 Å². The van der Waals surface area contributed by atoms with Crippen molar-refractivity contribution < 1.29 is 0 Å². The van der Waals surface area contributed by atoms with Crippen molar-refractivity contribution in [3.63, 3.8) is 0 Å². The second-order valence-corrected chi connectivity index (χ2v) is 7.56. The summed E-state index contributed by atoms with van der Waals surface area (Å²) in [6, 6.07) is 13.1. The van der Waals surface area contributed by atoms with Gasteiger partial charge in [0, 0.05) is 23.8 Å². The summed E-state index contributed by atoms with van der Waals surface area (Å²) >= 11 is 6.03. The number of fused-ring (bicyclic) bond motifs is 1. The van der Waals surface area contributed by atoms with E-state index in [0.29, 0.717) is 34.4 Å². The van der Waals surface area contributed by atoms with E-state index in [4.69, 9.17) is 16.6 Å². The summed E-state index contributed by atoms with van der Waals surface area (Å²) in [5.74, 6) is 0.566. The zero-order valence-corrected chi connectivity index (χ0v) is 17.1. The van der Waals surface area contributed by atoms with E-state index < -0.39 is 11.2 Å². The summed E-state index contributed by atoms with van der Waals surface area (Å²) in [7, 11) is 0. The van der Waals surface area contributed by atoms with Crippen LogP contribution in [0.2, 0.25) is 5.15 Å². The smallest absolute Gasteiger partial charge is 0.314 e. The number of halogens is 1. The van der Waals surface area contributed by atoms with Crippen LogP contribution in [0.4, 0.5) is 0 Å². The average Bonchev–Trinajstić information content (AvgIpc) is 3.01. The number of imidazole rings is 1. The predicted molar refractivity (Wildman–Crippen MR) is 114 cm³/mol. The largest absolute Gasteiger partial charge is 0.330 e. The van der Waals surface area contributed by atoms with Gasteiger partial charge in [0.25, 0.3) is 5.56 Å². The number of benzene rings is 1. The van der Waals surface area contributed by atoms with Gasteiger partial charge in [0.05, 0.1) is 0 Å². The molecule has 1 aromatic carbocycles. The molecule has 3 heterocycles. The van der Waals surface area contributed by atoms with E-state index in [9.17, 15) is 9.59 Å². The molecule has 0 saturated heterocycles. The number of rotatable bonds is 4. The third kappa shape index (κ3) is 3.38. The van der Waals surface area contributed by atoms with E-state index in [0.717, 1.165) is 11.1 Å². The first-order valence-corrected chi connectivity index (χ1v) is 9.67. The Kier molecular flexibility index (Phi) is 4.84. The Labute approximate surface area is 171 Å². The summed E-state index contributed by atoms with van der Waals surface area (Å²) in [4.78, 5) is 36.7. The second kappa shape index (κ2) is 7.33. The molecule has 0 spiro atoms. The van der Waals surface area contributed by atoms with Crippen molar-refractivity contribution in [2.75, 3.05) is 0 Å². The van der Waals surface area contributed by atoms with Crippen molar-refractivity contribution in [1.29, 1.82) is 0 Å². The number of aryl methyl sites for hydroxylation is 1. The predicted octanol–water partition coefficient (Wildman–Crippen LogP) is 3.54. The highest BCUT2D eigenvalue weighted by Gasteiger charge is 2.22. The molecule has 4 aromatic rings. The number of pyridine rings is 1. The van der Waals surface area contributed by atoms with Gasteiger partial charge in [0.1, 0.15) is 11.0 Å². The van der Waals surface area contributed by atoms with Crippen LogP contribution >= 0.6 is 11.6 Å². The lowest BCUT2D eigenvalue weighted by Crippen LogP contribution is -2.32. The van der Waals surface area contributed by atoms with Gasteiger partial charge in [-0.25, -0.2) is 14.8 Å². The standard InChI is InChI=1S/C21H20ClN5O2/c1-12(2)27-19-17(20(28)25-21(27)29)26(11-14-7-5-4-6-8-14)18(24-19)15-9-10-16(22)23-13(15)3/h4-10,12H,11H2,1-3H3,(H,25,28,29). The van der Waals surface area contributed by atoms with Crippen LogP contribution in [0.5, 0.6) is 0 Å². The van der Waals surface area contributed by atoms with Gasteiger partial charge >= 0.3 is 5.69 Å². The van der Waals surface area contributed by atoms with Crippen LogP contribution < -0.4 is 11.2 Å². The van der Waals surface area contributed by atoms with E-state index in [1.807, 2.05) is 61.7 Å². The first-order chi connectivity index (χ1) is 13.9. The number of hydrogen-bond donors (Lipinski definition) is 1.